The standard InChI is InChI=1S/C39H52ClN5O7S/c1-5-43(6-2)29-14-17-32-35(26-29)52-36-27-30(44(7-3)8-4)15-18-33(36)39(32)34-25-28(13-16-31(34)38(47)45(39)53(41,48)49)37(46)42-20-22-51-24-23-50-21-12-10-9-11-19-40/h13-18,25-27H,5-12,19-24H2,1-4H3,(H,42,46)(H2,41,48,49). The molecule has 12 nitrogen and oxygen atoms in total. The van der Waals surface area contributed by atoms with E-state index in [1.54, 1.807) is 18.2 Å². The second-order valence-corrected chi connectivity index (χ2v) is 14.7. The minimum atomic E-state index is -4.68. The molecule has 1 spiro atoms. The van der Waals surface area contributed by atoms with Gasteiger partial charge in [-0.15, -0.1) is 11.6 Å². The van der Waals surface area contributed by atoms with Crippen molar-refractivity contribution < 1.29 is 32.2 Å². The molecule has 0 saturated heterocycles. The highest BCUT2D eigenvalue weighted by Gasteiger charge is 2.60. The van der Waals surface area contributed by atoms with E-state index in [1.165, 1.54) is 12.1 Å². The third kappa shape index (κ3) is 8.29. The van der Waals surface area contributed by atoms with Crippen LogP contribution in [0.5, 0.6) is 11.5 Å². The lowest BCUT2D eigenvalue weighted by molar-refractivity contribution is 0.0468. The average molecular weight is 770 g/mol. The van der Waals surface area contributed by atoms with Gasteiger partial charge in [-0.25, -0.2) is 9.44 Å². The van der Waals surface area contributed by atoms with Crippen LogP contribution in [-0.2, 0) is 25.2 Å². The van der Waals surface area contributed by atoms with Crippen LogP contribution in [-0.4, -0.2) is 89.6 Å². The van der Waals surface area contributed by atoms with Crippen LogP contribution in [0.3, 0.4) is 0 Å². The van der Waals surface area contributed by atoms with Crippen molar-refractivity contribution in [2.45, 2.75) is 58.9 Å². The maximum atomic E-state index is 14.2. The minimum absolute atomic E-state index is 0.123. The fourth-order valence-electron chi connectivity index (χ4n) is 7.29. The zero-order valence-electron chi connectivity index (χ0n) is 31.2. The first-order valence-corrected chi connectivity index (χ1v) is 20.6. The number of alkyl halides is 1. The molecule has 3 aromatic rings. The van der Waals surface area contributed by atoms with Crippen LogP contribution in [0.1, 0.15) is 90.8 Å². The molecular formula is C39H52ClN5O7S. The van der Waals surface area contributed by atoms with Crippen molar-refractivity contribution in [1.29, 1.82) is 0 Å². The summed E-state index contributed by atoms with van der Waals surface area (Å²) in [5.74, 6) is 0.261. The number of amides is 2. The predicted octanol–water partition coefficient (Wildman–Crippen LogP) is 6.00. The molecule has 288 valence electrons. The summed E-state index contributed by atoms with van der Waals surface area (Å²) in [5, 5.41) is 8.82. The molecule has 3 N–H and O–H groups in total. The summed E-state index contributed by atoms with van der Waals surface area (Å²) >= 11 is 5.71. The van der Waals surface area contributed by atoms with Crippen molar-refractivity contribution in [1.82, 2.24) is 9.62 Å². The van der Waals surface area contributed by atoms with E-state index in [1.807, 2.05) is 52.0 Å². The second kappa shape index (κ2) is 18.0. The van der Waals surface area contributed by atoms with Crippen LogP contribution < -0.4 is 25.0 Å². The fraction of sp³-hybridized carbons (Fsp3) is 0.487. The Morgan fingerprint density at radius 1 is 0.792 bits per heavy atom. The zero-order chi connectivity index (χ0) is 38.2. The number of nitrogens with zero attached hydrogens (tertiary/aromatic N) is 3. The lowest BCUT2D eigenvalue weighted by Gasteiger charge is -2.43. The number of rotatable bonds is 20. The number of benzene rings is 3. The Balaban J connectivity index is 1.49. The first kappa shape index (κ1) is 40.3. The minimum Gasteiger partial charge on any atom is -0.456 e. The molecule has 0 saturated carbocycles. The summed E-state index contributed by atoms with van der Waals surface area (Å²) in [6.45, 7) is 13.2. The molecule has 0 aromatic heterocycles. The van der Waals surface area contributed by atoms with Gasteiger partial charge in [-0.3, -0.25) is 9.59 Å². The van der Waals surface area contributed by atoms with Crippen molar-refractivity contribution >= 4 is 45.0 Å². The average Bonchev–Trinajstić information content (AvgIpc) is 3.41. The highest BCUT2D eigenvalue weighted by atomic mass is 35.5. The Kier molecular flexibility index (Phi) is 13.7. The Bertz CT molecular complexity index is 1810. The van der Waals surface area contributed by atoms with Crippen molar-refractivity contribution in [3.05, 3.63) is 82.4 Å². The molecule has 2 amide bonds. The molecule has 2 aliphatic rings. The first-order valence-electron chi connectivity index (χ1n) is 18.5. The van der Waals surface area contributed by atoms with Crippen molar-refractivity contribution in [2.75, 3.05) is 74.8 Å². The molecule has 0 aliphatic carbocycles. The maximum Gasteiger partial charge on any atom is 0.302 e. The highest BCUT2D eigenvalue weighted by Crippen LogP contribution is 2.59. The number of anilines is 2. The molecule has 0 atom stereocenters. The van der Waals surface area contributed by atoms with Crippen molar-refractivity contribution in [3.63, 3.8) is 0 Å². The van der Waals surface area contributed by atoms with E-state index >= 15 is 0 Å². The van der Waals surface area contributed by atoms with Crippen LogP contribution in [0.15, 0.2) is 54.6 Å². The van der Waals surface area contributed by atoms with E-state index in [0.717, 1.165) is 67.5 Å². The van der Waals surface area contributed by atoms with Gasteiger partial charge in [-0.2, -0.15) is 8.42 Å². The Hall–Kier alpha value is -3.88. The van der Waals surface area contributed by atoms with Crippen LogP contribution in [0.4, 0.5) is 11.4 Å². The number of carbonyl (C=O) groups excluding carboxylic acids is 2. The molecule has 0 radical (unpaired) electrons. The molecule has 0 bridgehead atoms. The number of nitrogens with one attached hydrogen (secondary N) is 1. The summed E-state index contributed by atoms with van der Waals surface area (Å²) < 4.78 is 45.9. The van der Waals surface area contributed by atoms with Crippen molar-refractivity contribution in [3.8, 4) is 11.5 Å². The monoisotopic (exact) mass is 769 g/mol. The smallest absolute Gasteiger partial charge is 0.302 e. The molecule has 14 heteroatoms. The van der Waals surface area contributed by atoms with E-state index in [4.69, 9.17) is 31.0 Å². The highest BCUT2D eigenvalue weighted by molar-refractivity contribution is 7.87. The Labute approximate surface area is 318 Å². The van der Waals surface area contributed by atoms with Crippen molar-refractivity contribution in [2.24, 2.45) is 5.14 Å². The molecular weight excluding hydrogens is 718 g/mol. The van der Waals surface area contributed by atoms with E-state index < -0.39 is 27.6 Å². The second-order valence-electron chi connectivity index (χ2n) is 13.0. The van der Waals surface area contributed by atoms with Crippen LogP contribution in [0.25, 0.3) is 0 Å². The Morgan fingerprint density at radius 3 is 1.91 bits per heavy atom. The normalized spacial score (nSPS) is 14.1. The SMILES string of the molecule is CCN(CC)c1ccc2c(c1)Oc1cc(N(CC)CC)ccc1C21c2cc(C(=O)NCCOCCOCCCCCCCl)ccc2C(=O)N1S(N)(=O)=O. The largest absolute Gasteiger partial charge is 0.456 e. The lowest BCUT2D eigenvalue weighted by Crippen LogP contribution is -2.52. The number of unbranched alkanes of at least 4 members (excludes halogenated alkanes) is 3. The van der Waals surface area contributed by atoms with E-state index in [-0.39, 0.29) is 24.3 Å². The van der Waals surface area contributed by atoms with Gasteiger partial charge in [0.25, 0.3) is 11.8 Å². The third-order valence-corrected chi connectivity index (χ3v) is 11.1. The number of nitrogens with two attached hydrogens (primary N) is 1. The number of halogens is 1. The molecule has 0 fully saturated rings. The van der Waals surface area contributed by atoms with Gasteiger partial charge in [0.05, 0.1) is 19.8 Å². The molecule has 53 heavy (non-hydrogen) atoms. The summed E-state index contributed by atoms with van der Waals surface area (Å²) in [6, 6.07) is 15.7. The van der Waals surface area contributed by atoms with Gasteiger partial charge in [0, 0.05) is 96.5 Å². The van der Waals surface area contributed by atoms with Crippen LogP contribution in [0.2, 0.25) is 0 Å². The van der Waals surface area contributed by atoms with Crippen LogP contribution in [0, 0.1) is 0 Å². The van der Waals surface area contributed by atoms with Gasteiger partial charge >= 0.3 is 10.2 Å². The molecule has 3 aromatic carbocycles. The summed E-state index contributed by atoms with van der Waals surface area (Å²) in [6.07, 6.45) is 4.18. The number of hydrogen-bond acceptors (Lipinski definition) is 9. The quantitative estimate of drug-likeness (QED) is 0.105. The lowest BCUT2D eigenvalue weighted by atomic mass is 9.75. The van der Waals surface area contributed by atoms with E-state index in [0.29, 0.717) is 53.9 Å². The third-order valence-electron chi connectivity index (χ3n) is 9.91. The molecule has 0 unspecified atom stereocenters. The van der Waals surface area contributed by atoms with Gasteiger partial charge < -0.3 is 29.3 Å². The summed E-state index contributed by atoms with van der Waals surface area (Å²) in [5.41, 5.74) is 1.52. The summed E-state index contributed by atoms with van der Waals surface area (Å²) in [7, 11) is -4.68. The van der Waals surface area contributed by atoms with E-state index in [2.05, 4.69) is 15.1 Å². The van der Waals surface area contributed by atoms with Gasteiger partial charge in [0.2, 0.25) is 0 Å². The number of hydrogen-bond donors (Lipinski definition) is 2. The zero-order valence-corrected chi connectivity index (χ0v) is 32.7. The fourth-order valence-corrected chi connectivity index (χ4v) is 8.49. The number of fused-ring (bicyclic) bond motifs is 6. The van der Waals surface area contributed by atoms with E-state index in [9.17, 15) is 18.0 Å². The molecule has 2 heterocycles. The molecule has 2 aliphatic heterocycles. The first-order chi connectivity index (χ1) is 25.6. The maximum absolute atomic E-state index is 14.2. The van der Waals surface area contributed by atoms with Gasteiger partial charge in [0.15, 0.2) is 0 Å². The van der Waals surface area contributed by atoms with Crippen LogP contribution >= 0.6 is 11.6 Å². The van der Waals surface area contributed by atoms with Gasteiger partial charge in [0.1, 0.15) is 17.0 Å². The molecule has 5 rings (SSSR count). The number of ether oxygens (including phenoxy) is 3. The number of carbonyl (C=O) groups is 2. The van der Waals surface area contributed by atoms with Gasteiger partial charge in [-0.05, 0) is 70.9 Å². The predicted molar refractivity (Wildman–Crippen MR) is 209 cm³/mol. The summed E-state index contributed by atoms with van der Waals surface area (Å²) in [4.78, 5) is 32.1. The Morgan fingerprint density at radius 2 is 1.36 bits per heavy atom. The topological polar surface area (TPSA) is 144 Å². The van der Waals surface area contributed by atoms with Gasteiger partial charge in [-0.1, -0.05) is 25.0 Å².